The third kappa shape index (κ3) is 5.31. The molecule has 1 aromatic carbocycles. The third-order valence-corrected chi connectivity index (χ3v) is 4.22. The van der Waals surface area contributed by atoms with E-state index in [4.69, 9.17) is 4.74 Å². The number of rotatable bonds is 4. The summed E-state index contributed by atoms with van der Waals surface area (Å²) in [7, 11) is 0. The van der Waals surface area contributed by atoms with E-state index >= 15 is 0 Å². The highest BCUT2D eigenvalue weighted by atomic mass is 16.5. The number of hydrogen-bond donors (Lipinski definition) is 1. The van der Waals surface area contributed by atoms with Crippen molar-refractivity contribution in [2.45, 2.75) is 78.7 Å². The van der Waals surface area contributed by atoms with Crippen LogP contribution in [0.3, 0.4) is 0 Å². The minimum Gasteiger partial charge on any atom is -0.623 e. The first-order chi connectivity index (χ1) is 11.6. The monoisotopic (exact) mass is 363 g/mol. The molecule has 0 aliphatic heterocycles. The maximum atomic E-state index is 12.5. The SMILES string of the molecule is CC(=O)Oc1c(C(C)(C)C)cc(C=[N+]([O-])C(C)(C)CO)cc1C(C)(C)C. The number of nitrogens with zero attached hydrogens (tertiary/aromatic N) is 1. The van der Waals surface area contributed by atoms with E-state index in [1.165, 1.54) is 13.1 Å². The molecule has 146 valence electrons. The number of esters is 1. The Hall–Kier alpha value is -1.88. The van der Waals surface area contributed by atoms with Crippen molar-refractivity contribution in [2.24, 2.45) is 0 Å². The van der Waals surface area contributed by atoms with Crippen molar-refractivity contribution >= 4 is 12.2 Å². The predicted octanol–water partition coefficient (Wildman–Crippen LogP) is 3.91. The van der Waals surface area contributed by atoms with Gasteiger partial charge in [-0.15, -0.1) is 0 Å². The fourth-order valence-corrected chi connectivity index (χ4v) is 2.47. The first-order valence-corrected chi connectivity index (χ1v) is 8.89. The summed E-state index contributed by atoms with van der Waals surface area (Å²) >= 11 is 0. The first kappa shape index (κ1) is 22.2. The summed E-state index contributed by atoms with van der Waals surface area (Å²) in [6, 6.07) is 3.76. The number of aliphatic hydroxyl groups excluding tert-OH is 1. The summed E-state index contributed by atoms with van der Waals surface area (Å²) in [5, 5.41) is 21.9. The molecule has 5 nitrogen and oxygen atoms in total. The molecule has 0 fully saturated rings. The smallest absolute Gasteiger partial charge is 0.308 e. The van der Waals surface area contributed by atoms with Crippen LogP contribution in [0.5, 0.6) is 5.75 Å². The Labute approximate surface area is 157 Å². The maximum absolute atomic E-state index is 12.5. The highest BCUT2D eigenvalue weighted by Gasteiger charge is 2.30. The third-order valence-electron chi connectivity index (χ3n) is 4.22. The maximum Gasteiger partial charge on any atom is 0.308 e. The molecule has 0 aromatic heterocycles. The van der Waals surface area contributed by atoms with Crippen molar-refractivity contribution < 1.29 is 19.4 Å². The van der Waals surface area contributed by atoms with Crippen LogP contribution < -0.4 is 4.74 Å². The van der Waals surface area contributed by atoms with Crippen LogP contribution >= 0.6 is 0 Å². The molecule has 0 heterocycles. The lowest BCUT2D eigenvalue weighted by atomic mass is 9.78. The topological polar surface area (TPSA) is 72.6 Å². The Morgan fingerprint density at radius 1 is 1.08 bits per heavy atom. The van der Waals surface area contributed by atoms with Crippen LogP contribution in [0, 0.1) is 5.21 Å². The zero-order valence-electron chi connectivity index (χ0n) is 17.6. The summed E-state index contributed by atoms with van der Waals surface area (Å²) in [5.41, 5.74) is 0.956. The van der Waals surface area contributed by atoms with Gasteiger partial charge < -0.3 is 15.1 Å². The van der Waals surface area contributed by atoms with Crippen LogP contribution in [0.15, 0.2) is 12.1 Å². The van der Waals surface area contributed by atoms with E-state index in [1.807, 2.05) is 53.7 Å². The van der Waals surface area contributed by atoms with Gasteiger partial charge >= 0.3 is 5.97 Å². The van der Waals surface area contributed by atoms with Crippen LogP contribution in [0.4, 0.5) is 0 Å². The van der Waals surface area contributed by atoms with Crippen LogP contribution in [0.2, 0.25) is 0 Å². The molecule has 0 aliphatic carbocycles. The molecule has 0 aliphatic rings. The molecular weight excluding hydrogens is 330 g/mol. The molecular formula is C21H33NO4. The second-order valence-electron chi connectivity index (χ2n) is 9.46. The van der Waals surface area contributed by atoms with Crippen molar-refractivity contribution in [1.82, 2.24) is 0 Å². The average molecular weight is 363 g/mol. The number of aliphatic hydroxyl groups is 1. The van der Waals surface area contributed by atoms with Gasteiger partial charge in [0, 0.05) is 37.5 Å². The Bertz CT molecular complexity index is 669. The summed E-state index contributed by atoms with van der Waals surface area (Å²) in [4.78, 5) is 11.7. The van der Waals surface area contributed by atoms with E-state index in [1.54, 1.807) is 13.8 Å². The minimum absolute atomic E-state index is 0.253. The van der Waals surface area contributed by atoms with Gasteiger partial charge in [-0.25, -0.2) is 4.74 Å². The predicted molar refractivity (Wildman–Crippen MR) is 105 cm³/mol. The van der Waals surface area contributed by atoms with E-state index in [9.17, 15) is 15.1 Å². The molecule has 0 spiro atoms. The van der Waals surface area contributed by atoms with Gasteiger partial charge in [0.1, 0.15) is 12.4 Å². The molecule has 0 amide bonds. The van der Waals surface area contributed by atoms with Gasteiger partial charge in [-0.3, -0.25) is 4.79 Å². The Balaban J connectivity index is 3.78. The second kappa shape index (κ2) is 7.39. The number of hydroxylamine groups is 1. The zero-order chi connectivity index (χ0) is 20.5. The largest absolute Gasteiger partial charge is 0.623 e. The van der Waals surface area contributed by atoms with Crippen molar-refractivity contribution in [2.75, 3.05) is 6.61 Å². The van der Waals surface area contributed by atoms with Gasteiger partial charge in [0.05, 0.1) is 0 Å². The molecule has 0 saturated carbocycles. The zero-order valence-corrected chi connectivity index (χ0v) is 17.6. The van der Waals surface area contributed by atoms with Crippen LogP contribution in [0.1, 0.15) is 79.0 Å². The van der Waals surface area contributed by atoms with Gasteiger partial charge in [0.2, 0.25) is 0 Å². The highest BCUT2D eigenvalue weighted by molar-refractivity contribution is 5.79. The number of carbonyl (C=O) groups excluding carboxylic acids is 1. The molecule has 26 heavy (non-hydrogen) atoms. The molecule has 5 heteroatoms. The fourth-order valence-electron chi connectivity index (χ4n) is 2.47. The molecule has 1 N–H and O–H groups in total. The summed E-state index contributed by atoms with van der Waals surface area (Å²) in [5.74, 6) is 0.193. The standard InChI is InChI=1S/C21H33NO4/c1-14(24)26-18-16(19(2,3)4)10-15(11-17(18)20(5,6)7)12-22(25)21(8,9)13-23/h10-12,23H,13H2,1-9H3. The molecule has 1 aromatic rings. The van der Waals surface area contributed by atoms with E-state index < -0.39 is 5.54 Å². The number of benzene rings is 1. The van der Waals surface area contributed by atoms with E-state index in [0.717, 1.165) is 15.9 Å². The minimum atomic E-state index is -0.918. The lowest BCUT2D eigenvalue weighted by Crippen LogP contribution is -2.37. The molecule has 0 saturated heterocycles. The Kier molecular flexibility index (Phi) is 6.30. The molecule has 1 rings (SSSR count). The lowest BCUT2D eigenvalue weighted by Gasteiger charge is -2.29. The van der Waals surface area contributed by atoms with Crippen molar-refractivity contribution in [1.29, 1.82) is 0 Å². The van der Waals surface area contributed by atoms with Gasteiger partial charge in [0.15, 0.2) is 11.8 Å². The molecule has 0 atom stereocenters. The van der Waals surface area contributed by atoms with Crippen molar-refractivity contribution in [3.8, 4) is 5.75 Å². The Morgan fingerprint density at radius 3 is 1.81 bits per heavy atom. The van der Waals surface area contributed by atoms with Crippen LogP contribution in [-0.2, 0) is 15.6 Å². The molecule has 0 unspecified atom stereocenters. The van der Waals surface area contributed by atoms with E-state index in [2.05, 4.69) is 0 Å². The average Bonchev–Trinajstić information content (AvgIpc) is 2.45. The normalized spacial score (nSPS) is 13.7. The van der Waals surface area contributed by atoms with Crippen LogP contribution in [0.25, 0.3) is 0 Å². The van der Waals surface area contributed by atoms with Gasteiger partial charge in [-0.2, -0.15) is 0 Å². The highest BCUT2D eigenvalue weighted by Crippen LogP contribution is 2.40. The first-order valence-electron chi connectivity index (χ1n) is 8.89. The number of carbonyl (C=O) groups is 1. The number of hydrogen-bond acceptors (Lipinski definition) is 4. The van der Waals surface area contributed by atoms with Crippen molar-refractivity contribution in [3.05, 3.63) is 34.0 Å². The Morgan fingerprint density at radius 2 is 1.50 bits per heavy atom. The molecule has 0 bridgehead atoms. The molecule has 0 radical (unpaired) electrons. The van der Waals surface area contributed by atoms with Crippen molar-refractivity contribution in [3.63, 3.8) is 0 Å². The van der Waals surface area contributed by atoms with Gasteiger partial charge in [-0.05, 0) is 23.0 Å². The van der Waals surface area contributed by atoms with Gasteiger partial charge in [-0.1, -0.05) is 41.5 Å². The van der Waals surface area contributed by atoms with E-state index in [-0.39, 0.29) is 23.4 Å². The quantitative estimate of drug-likeness (QED) is 0.220. The van der Waals surface area contributed by atoms with Crippen LogP contribution in [-0.4, -0.2) is 34.2 Å². The van der Waals surface area contributed by atoms with Gasteiger partial charge in [0.25, 0.3) is 0 Å². The fraction of sp³-hybridized carbons (Fsp3) is 0.619. The number of ether oxygens (including phenoxy) is 1. The second-order valence-corrected chi connectivity index (χ2v) is 9.46. The summed E-state index contributed by atoms with van der Waals surface area (Å²) in [6.45, 7) is 16.7. The summed E-state index contributed by atoms with van der Waals surface area (Å²) in [6.07, 6.45) is 1.48. The summed E-state index contributed by atoms with van der Waals surface area (Å²) < 4.78 is 6.36. The van der Waals surface area contributed by atoms with E-state index in [0.29, 0.717) is 11.3 Å². The lowest BCUT2D eigenvalue weighted by molar-refractivity contribution is -0.539.